The third-order valence-electron chi connectivity index (χ3n) is 3.52. The first-order valence-electron chi connectivity index (χ1n) is 7.60. The zero-order valence-electron chi connectivity index (χ0n) is 13.6. The molecule has 118 valence electrons. The van der Waals surface area contributed by atoms with Gasteiger partial charge in [-0.3, -0.25) is 0 Å². The second-order valence-corrected chi connectivity index (χ2v) is 5.36. The van der Waals surface area contributed by atoms with Crippen LogP contribution in [-0.2, 0) is 11.3 Å². The molecule has 2 rings (SSSR count). The van der Waals surface area contributed by atoms with Gasteiger partial charge in [-0.2, -0.15) is 0 Å². The summed E-state index contributed by atoms with van der Waals surface area (Å²) in [6.07, 6.45) is 0.872. The highest BCUT2D eigenvalue weighted by Crippen LogP contribution is 2.17. The van der Waals surface area contributed by atoms with E-state index in [0.717, 1.165) is 17.9 Å². The lowest BCUT2D eigenvalue weighted by Crippen LogP contribution is -2.04. The highest BCUT2D eigenvalue weighted by atomic mass is 16.5. The first-order valence-corrected chi connectivity index (χ1v) is 7.60. The molecule has 0 saturated carbocycles. The smallest absolute Gasteiger partial charge is 0.119 e. The van der Waals surface area contributed by atoms with E-state index in [1.165, 1.54) is 16.7 Å². The summed E-state index contributed by atoms with van der Waals surface area (Å²) in [5.41, 5.74) is 3.82. The lowest BCUT2D eigenvalue weighted by Gasteiger charge is -2.09. The molecule has 0 fully saturated rings. The van der Waals surface area contributed by atoms with Gasteiger partial charge in [-0.25, -0.2) is 0 Å². The molecule has 0 saturated heterocycles. The maximum Gasteiger partial charge on any atom is 0.119 e. The monoisotopic (exact) mass is 300 g/mol. The second kappa shape index (κ2) is 8.44. The van der Waals surface area contributed by atoms with Crippen LogP contribution in [0.2, 0.25) is 0 Å². The van der Waals surface area contributed by atoms with Gasteiger partial charge in [0.25, 0.3) is 0 Å². The van der Waals surface area contributed by atoms with E-state index in [0.29, 0.717) is 19.8 Å². The maximum atomic E-state index is 5.71. The van der Waals surface area contributed by atoms with Crippen molar-refractivity contribution in [3.05, 3.63) is 59.2 Å². The minimum absolute atomic E-state index is 0.652. The van der Waals surface area contributed by atoms with Crippen molar-refractivity contribution >= 4 is 0 Å². The van der Waals surface area contributed by atoms with Gasteiger partial charge in [-0.05, 0) is 49.2 Å². The first-order chi connectivity index (χ1) is 10.7. The average Bonchev–Trinajstić information content (AvgIpc) is 2.53. The minimum atomic E-state index is 0.652. The van der Waals surface area contributed by atoms with Gasteiger partial charge >= 0.3 is 0 Å². The first kappa shape index (κ1) is 16.4. The maximum absolute atomic E-state index is 5.71. The molecule has 0 aromatic heterocycles. The van der Waals surface area contributed by atoms with Gasteiger partial charge in [0.2, 0.25) is 0 Å². The Morgan fingerprint density at radius 3 is 2.27 bits per heavy atom. The number of benzene rings is 2. The lowest BCUT2D eigenvalue weighted by atomic mass is 10.1. The molecule has 0 N–H and O–H groups in total. The van der Waals surface area contributed by atoms with Crippen LogP contribution in [0.3, 0.4) is 0 Å². The molecular formula is C19H24O3. The van der Waals surface area contributed by atoms with Crippen LogP contribution in [0.15, 0.2) is 42.5 Å². The van der Waals surface area contributed by atoms with Crippen molar-refractivity contribution in [3.63, 3.8) is 0 Å². The molecule has 3 nitrogen and oxygen atoms in total. The zero-order valence-corrected chi connectivity index (χ0v) is 13.6. The van der Waals surface area contributed by atoms with Gasteiger partial charge in [0.1, 0.15) is 11.5 Å². The Morgan fingerprint density at radius 2 is 1.59 bits per heavy atom. The molecule has 0 bridgehead atoms. The minimum Gasteiger partial charge on any atom is -0.497 e. The number of aryl methyl sites for hydroxylation is 2. The summed E-state index contributed by atoms with van der Waals surface area (Å²) in [6, 6.07) is 14.1. The Labute approximate surface area is 132 Å². The standard InChI is InChI=1S/C19H24O3/c1-15-5-6-17(16(2)13-15)14-21-11-4-12-22-19-9-7-18(20-3)8-10-19/h5-10,13H,4,11-12,14H2,1-3H3. The van der Waals surface area contributed by atoms with E-state index < -0.39 is 0 Å². The highest BCUT2D eigenvalue weighted by Gasteiger charge is 1.99. The van der Waals surface area contributed by atoms with Crippen LogP contribution in [0, 0.1) is 13.8 Å². The molecule has 3 heteroatoms. The summed E-state index contributed by atoms with van der Waals surface area (Å²) >= 11 is 0. The molecule has 0 heterocycles. The number of hydrogen-bond acceptors (Lipinski definition) is 3. The number of methoxy groups -OCH3 is 1. The molecule has 2 aromatic rings. The highest BCUT2D eigenvalue weighted by molar-refractivity contribution is 5.31. The van der Waals surface area contributed by atoms with E-state index in [1.54, 1.807) is 7.11 Å². The molecule has 0 atom stereocenters. The lowest BCUT2D eigenvalue weighted by molar-refractivity contribution is 0.107. The Kier molecular flexibility index (Phi) is 6.28. The Morgan fingerprint density at radius 1 is 0.864 bits per heavy atom. The summed E-state index contributed by atoms with van der Waals surface area (Å²) in [5.74, 6) is 1.69. The van der Waals surface area contributed by atoms with Crippen LogP contribution in [0.1, 0.15) is 23.1 Å². The Hall–Kier alpha value is -2.00. The van der Waals surface area contributed by atoms with E-state index in [-0.39, 0.29) is 0 Å². The van der Waals surface area contributed by atoms with Gasteiger partial charge in [0, 0.05) is 6.42 Å². The van der Waals surface area contributed by atoms with Crippen LogP contribution in [0.4, 0.5) is 0 Å². The van der Waals surface area contributed by atoms with Crippen molar-refractivity contribution < 1.29 is 14.2 Å². The normalized spacial score (nSPS) is 10.5. The van der Waals surface area contributed by atoms with Crippen molar-refractivity contribution in [2.75, 3.05) is 20.3 Å². The summed E-state index contributed by atoms with van der Waals surface area (Å²) < 4.78 is 16.5. The molecule has 0 amide bonds. The molecule has 0 spiro atoms. The van der Waals surface area contributed by atoms with Crippen LogP contribution in [0.25, 0.3) is 0 Å². The molecule has 0 radical (unpaired) electrons. The molecule has 0 aliphatic heterocycles. The van der Waals surface area contributed by atoms with Crippen LogP contribution in [-0.4, -0.2) is 20.3 Å². The fourth-order valence-corrected chi connectivity index (χ4v) is 2.21. The molecule has 2 aromatic carbocycles. The van der Waals surface area contributed by atoms with Crippen molar-refractivity contribution in [2.24, 2.45) is 0 Å². The number of hydrogen-bond donors (Lipinski definition) is 0. The van der Waals surface area contributed by atoms with Crippen LogP contribution in [0.5, 0.6) is 11.5 Å². The second-order valence-electron chi connectivity index (χ2n) is 5.36. The van der Waals surface area contributed by atoms with E-state index in [9.17, 15) is 0 Å². The average molecular weight is 300 g/mol. The Balaban J connectivity index is 1.62. The van der Waals surface area contributed by atoms with Gasteiger partial charge in [-0.15, -0.1) is 0 Å². The predicted molar refractivity (Wildman–Crippen MR) is 88.7 cm³/mol. The van der Waals surface area contributed by atoms with Crippen molar-refractivity contribution in [1.82, 2.24) is 0 Å². The van der Waals surface area contributed by atoms with Gasteiger partial charge in [0.05, 0.1) is 26.9 Å². The number of rotatable bonds is 8. The molecule has 0 aliphatic rings. The van der Waals surface area contributed by atoms with Crippen molar-refractivity contribution in [1.29, 1.82) is 0 Å². The van der Waals surface area contributed by atoms with E-state index in [1.807, 2.05) is 24.3 Å². The Bertz CT molecular complexity index is 576. The van der Waals surface area contributed by atoms with E-state index in [4.69, 9.17) is 14.2 Å². The largest absolute Gasteiger partial charge is 0.497 e. The fraction of sp³-hybridized carbons (Fsp3) is 0.368. The summed E-state index contributed by atoms with van der Waals surface area (Å²) in [7, 11) is 1.66. The third-order valence-corrected chi connectivity index (χ3v) is 3.52. The van der Waals surface area contributed by atoms with Crippen molar-refractivity contribution in [3.8, 4) is 11.5 Å². The zero-order chi connectivity index (χ0) is 15.8. The molecule has 0 aliphatic carbocycles. The number of ether oxygens (including phenoxy) is 3. The van der Waals surface area contributed by atoms with Gasteiger partial charge in [0.15, 0.2) is 0 Å². The summed E-state index contributed by atoms with van der Waals surface area (Å²) in [6.45, 7) is 6.24. The van der Waals surface area contributed by atoms with Crippen LogP contribution < -0.4 is 9.47 Å². The summed E-state index contributed by atoms with van der Waals surface area (Å²) in [5, 5.41) is 0. The third kappa shape index (κ3) is 5.08. The molecular weight excluding hydrogens is 276 g/mol. The van der Waals surface area contributed by atoms with E-state index >= 15 is 0 Å². The quantitative estimate of drug-likeness (QED) is 0.680. The van der Waals surface area contributed by atoms with Gasteiger partial charge < -0.3 is 14.2 Å². The SMILES string of the molecule is COc1ccc(OCCCOCc2ccc(C)cc2C)cc1. The van der Waals surface area contributed by atoms with Gasteiger partial charge in [-0.1, -0.05) is 23.8 Å². The summed E-state index contributed by atoms with van der Waals surface area (Å²) in [4.78, 5) is 0. The van der Waals surface area contributed by atoms with Crippen LogP contribution >= 0.6 is 0 Å². The van der Waals surface area contributed by atoms with Crippen molar-refractivity contribution in [2.45, 2.75) is 26.9 Å². The fourth-order valence-electron chi connectivity index (χ4n) is 2.21. The predicted octanol–water partition coefficient (Wildman–Crippen LogP) is 4.30. The topological polar surface area (TPSA) is 27.7 Å². The molecule has 22 heavy (non-hydrogen) atoms. The van der Waals surface area contributed by atoms with E-state index in [2.05, 4.69) is 32.0 Å². The molecule has 0 unspecified atom stereocenters.